The quantitative estimate of drug-likeness (QED) is 0.0164. The SMILES string of the molecule is CN1Cc2c(Cl)cc(Cl)cc2[C@H](c2cccc(S(=O)NCCOCCOCCNC(=O)CN(CCOCCOCCN(CC(=O)NCCOCCOCCNS(=O)(=O)c3cccc([C@@H]4CN(C)Cc5c(Cl)cc(Cl)cc54)c3)CC(=O)NCCOCCOCCNS(=O)(=O)c3cccc([C@@H]4CN(C)Cc5c(Cl)cc(Cl)cc54)c3)CC(=O)NCCOCCOCCNS(=O)(=O)c3cccc([C@@H]4CN(C)Cc5c(Cl)cc(Cl)cc54)c3)c2)C1. The van der Waals surface area contributed by atoms with Gasteiger partial charge in [0.25, 0.3) is 0 Å². The third kappa shape index (κ3) is 38.9. The summed E-state index contributed by atoms with van der Waals surface area (Å²) in [5.41, 5.74) is 11.2. The van der Waals surface area contributed by atoms with E-state index in [-0.39, 0.29) is 261 Å². The van der Waals surface area contributed by atoms with E-state index in [4.69, 9.17) is 140 Å². The Morgan fingerprint density at radius 2 is 0.544 bits per heavy atom. The normalized spacial score (nSPS) is 16.5. The van der Waals surface area contributed by atoms with E-state index in [1.165, 1.54) is 18.2 Å². The number of ether oxygens (including phenoxy) is 10. The van der Waals surface area contributed by atoms with Crippen molar-refractivity contribution in [1.82, 2.24) is 69.6 Å². The van der Waals surface area contributed by atoms with E-state index in [0.29, 0.717) is 97.4 Å². The molecule has 4 amide bonds. The standard InChI is InChI=1S/C102H132Cl8N14O21S4/c1-119-59-87(83-51-75(103)55-95(107)91(83)63-119)71-9-5-13-79(47-71)146(129)115-21-31-140-41-37-136-27-17-111-99(125)67-123(68-100(126)112-18-28-137-38-42-141-32-22-116-147(130,131)80-14-6-10-72(48-80)88-60-120(2)64-92-84(88)52-76(104)56-96(92)108)25-35-144-45-46-145-36-26-124(69-101(127)113-19-29-138-39-43-142-33-23-117-148(132,133)81-15-7-11-73(49-81)89-61-121(3)65-93-85(89)53-77(105)57-97(93)109)70-102(128)114-20-30-139-40-44-143-34-24-118-149(134,135)82-16-8-12-74(50-82)90-62-122(4)66-94-86(90)54-78(106)58-98(94)110/h5-16,47-58,87-90,115-118H,17-46,59-70H2,1-4H3,(H,111,125)(H,112,126)(H,113,127)(H,114,128)/t87-,88-,89-,90-,146?/m0/s1. The zero-order valence-corrected chi connectivity index (χ0v) is 93.1. The van der Waals surface area contributed by atoms with E-state index >= 15 is 0 Å². The molecule has 149 heavy (non-hydrogen) atoms. The molecule has 0 aromatic heterocycles. The fourth-order valence-corrected chi connectivity index (χ4v) is 24.2. The van der Waals surface area contributed by atoms with Crippen molar-refractivity contribution >= 4 is 157 Å². The van der Waals surface area contributed by atoms with Gasteiger partial charge in [0.2, 0.25) is 53.7 Å². The molecule has 8 aromatic rings. The molecular weight excluding hydrogens is 2170 g/mol. The van der Waals surface area contributed by atoms with Crippen LogP contribution in [0.1, 0.15) is 90.4 Å². The van der Waals surface area contributed by atoms with Crippen molar-refractivity contribution in [3.8, 4) is 0 Å². The summed E-state index contributed by atoms with van der Waals surface area (Å²) in [6.45, 7) is 8.15. The number of hydrogen-bond donors (Lipinski definition) is 8. The van der Waals surface area contributed by atoms with Gasteiger partial charge in [0.15, 0.2) is 0 Å². The van der Waals surface area contributed by atoms with Crippen molar-refractivity contribution < 1.29 is 96.0 Å². The maximum Gasteiger partial charge on any atom is 0.240 e. The number of carbonyl (C=O) groups is 4. The molecule has 0 fully saturated rings. The van der Waals surface area contributed by atoms with Crippen molar-refractivity contribution in [2.24, 2.45) is 0 Å². The summed E-state index contributed by atoms with van der Waals surface area (Å²) in [5, 5.41) is 15.7. The number of fused-ring (bicyclic) bond motifs is 4. The lowest BCUT2D eigenvalue weighted by atomic mass is 9.85. The lowest BCUT2D eigenvalue weighted by molar-refractivity contribution is -0.127. The van der Waals surface area contributed by atoms with Gasteiger partial charge in [-0.2, -0.15) is 0 Å². The van der Waals surface area contributed by atoms with Crippen molar-refractivity contribution in [2.75, 3.05) is 278 Å². The molecule has 816 valence electrons. The number of amides is 4. The Labute approximate surface area is 915 Å². The highest BCUT2D eigenvalue weighted by atomic mass is 35.5. The van der Waals surface area contributed by atoms with Gasteiger partial charge in [0.05, 0.1) is 178 Å². The molecule has 0 saturated heterocycles. The molecule has 1 unspecified atom stereocenters. The molecule has 0 bridgehead atoms. The maximum atomic E-state index is 13.5. The molecule has 0 aliphatic carbocycles. The highest BCUT2D eigenvalue weighted by Gasteiger charge is 2.35. The van der Waals surface area contributed by atoms with Gasteiger partial charge in [-0.25, -0.2) is 48.4 Å². The maximum absolute atomic E-state index is 13.5. The van der Waals surface area contributed by atoms with Gasteiger partial charge in [-0.1, -0.05) is 141 Å². The van der Waals surface area contributed by atoms with E-state index in [2.05, 4.69) is 59.8 Å². The minimum absolute atomic E-state index is 0.00250. The van der Waals surface area contributed by atoms with Crippen LogP contribution in [0.4, 0.5) is 0 Å². The first-order valence-electron chi connectivity index (χ1n) is 49.1. The number of halogens is 8. The largest absolute Gasteiger partial charge is 0.378 e. The lowest BCUT2D eigenvalue weighted by Crippen LogP contribution is -2.45. The van der Waals surface area contributed by atoms with Crippen LogP contribution in [-0.4, -0.2) is 361 Å². The number of rotatable bonds is 65. The van der Waals surface area contributed by atoms with Crippen LogP contribution in [0.2, 0.25) is 40.2 Å². The number of nitrogens with one attached hydrogen (secondary N) is 8. The van der Waals surface area contributed by atoms with Crippen LogP contribution < -0.4 is 40.2 Å². The molecule has 0 saturated carbocycles. The van der Waals surface area contributed by atoms with Crippen molar-refractivity contribution in [1.29, 1.82) is 0 Å². The van der Waals surface area contributed by atoms with E-state index in [9.17, 15) is 48.6 Å². The van der Waals surface area contributed by atoms with E-state index in [1.54, 1.807) is 70.5 Å². The summed E-state index contributed by atoms with van der Waals surface area (Å²) in [5.74, 6) is -2.09. The Morgan fingerprint density at radius 1 is 0.309 bits per heavy atom. The molecule has 12 rings (SSSR count). The van der Waals surface area contributed by atoms with Crippen molar-refractivity contribution in [3.63, 3.8) is 0 Å². The Bertz CT molecular complexity index is 5970. The fourth-order valence-electron chi connectivity index (χ4n) is 17.9. The summed E-state index contributed by atoms with van der Waals surface area (Å²) in [6, 6.07) is 42.6. The average Bonchev–Trinajstić information content (AvgIpc) is 0.798. The molecule has 0 radical (unpaired) electrons. The van der Waals surface area contributed by atoms with Gasteiger partial charge >= 0.3 is 0 Å². The summed E-state index contributed by atoms with van der Waals surface area (Å²) in [7, 11) is -5.28. The molecule has 4 aliphatic rings. The Hall–Kier alpha value is -6.84. The fraction of sp³-hybridized carbons (Fsp3) is 0.490. The molecule has 8 aromatic carbocycles. The third-order valence-electron chi connectivity index (χ3n) is 25.0. The number of benzene rings is 8. The Kier molecular flexibility index (Phi) is 49.9. The smallest absolute Gasteiger partial charge is 0.240 e. The van der Waals surface area contributed by atoms with Gasteiger partial charge in [-0.3, -0.25) is 29.0 Å². The molecule has 47 heteroatoms. The van der Waals surface area contributed by atoms with E-state index in [1.807, 2.05) is 94.9 Å². The van der Waals surface area contributed by atoms with Gasteiger partial charge < -0.3 is 88.2 Å². The second-order valence-electron chi connectivity index (χ2n) is 36.4. The molecule has 0 spiro atoms. The molecule has 5 atom stereocenters. The summed E-state index contributed by atoms with van der Waals surface area (Å²) in [4.78, 5) is 66.7. The minimum Gasteiger partial charge on any atom is -0.378 e. The first kappa shape index (κ1) is 121. The highest BCUT2D eigenvalue weighted by molar-refractivity contribution is 7.90. The summed E-state index contributed by atoms with van der Waals surface area (Å²) >= 11 is 52.1. The second kappa shape index (κ2) is 61.6. The van der Waals surface area contributed by atoms with Gasteiger partial charge in [-0.05, 0) is 192 Å². The number of sulfonamides is 3. The van der Waals surface area contributed by atoms with Gasteiger partial charge in [-0.15, -0.1) is 0 Å². The van der Waals surface area contributed by atoms with Crippen LogP contribution in [0.15, 0.2) is 165 Å². The Balaban J connectivity index is 0.562. The number of hydrogen-bond acceptors (Lipinski definition) is 27. The Morgan fingerprint density at radius 3 is 0.812 bits per heavy atom. The van der Waals surface area contributed by atoms with Gasteiger partial charge in [0, 0.05) is 182 Å². The lowest BCUT2D eigenvalue weighted by Gasteiger charge is -2.33. The summed E-state index contributed by atoms with van der Waals surface area (Å²) in [6.07, 6.45) is 0. The van der Waals surface area contributed by atoms with Gasteiger partial charge in [0.1, 0.15) is 11.0 Å². The van der Waals surface area contributed by atoms with Crippen LogP contribution in [0.5, 0.6) is 0 Å². The molecule has 4 heterocycles. The van der Waals surface area contributed by atoms with Crippen molar-refractivity contribution in [3.05, 3.63) is 253 Å². The number of carbonyl (C=O) groups excluding carboxylic acids is 4. The van der Waals surface area contributed by atoms with E-state index in [0.717, 1.165) is 73.3 Å². The van der Waals surface area contributed by atoms with Crippen LogP contribution >= 0.6 is 92.8 Å². The second-order valence-corrected chi connectivity index (χ2v) is 46.4. The molecule has 4 aliphatic heterocycles. The number of likely N-dealkylation sites (N-methyl/N-ethyl adjacent to an activating group) is 4. The topological polar surface area (TPSA) is 396 Å². The zero-order valence-electron chi connectivity index (χ0n) is 83.8. The predicted molar refractivity (Wildman–Crippen MR) is 577 cm³/mol. The average molecular weight is 2300 g/mol. The first-order valence-corrected chi connectivity index (χ1v) is 57.7. The highest BCUT2D eigenvalue weighted by Crippen LogP contribution is 2.44. The molecule has 8 N–H and O–H groups in total. The number of nitrogens with zero attached hydrogens (tertiary/aromatic N) is 6. The zero-order chi connectivity index (χ0) is 106. The minimum atomic E-state index is -3.92. The summed E-state index contributed by atoms with van der Waals surface area (Å²) < 4.78 is 163. The van der Waals surface area contributed by atoms with Crippen LogP contribution in [0, 0.1) is 0 Å². The first-order chi connectivity index (χ1) is 71.6. The predicted octanol–water partition coefficient (Wildman–Crippen LogP) is 10.0. The monoisotopic (exact) mass is 2300 g/mol. The third-order valence-corrected chi connectivity index (χ3v) is 32.7. The van der Waals surface area contributed by atoms with E-state index < -0.39 is 58.8 Å². The molecular formula is C102H132Cl8N14O21S4. The van der Waals surface area contributed by atoms with Crippen LogP contribution in [-0.2, 0) is 134 Å². The van der Waals surface area contributed by atoms with Crippen LogP contribution in [0.25, 0.3) is 0 Å². The molecule has 35 nitrogen and oxygen atoms in total. The van der Waals surface area contributed by atoms with Crippen LogP contribution in [0.3, 0.4) is 0 Å². The van der Waals surface area contributed by atoms with Crippen molar-refractivity contribution in [2.45, 2.75) is 69.4 Å².